The van der Waals surface area contributed by atoms with Gasteiger partial charge in [0, 0.05) is 10.6 Å². The summed E-state index contributed by atoms with van der Waals surface area (Å²) in [5.74, 6) is 1.34. The van der Waals surface area contributed by atoms with Crippen molar-refractivity contribution in [3.63, 3.8) is 0 Å². The van der Waals surface area contributed by atoms with E-state index in [0.29, 0.717) is 17.0 Å². The maximum atomic E-state index is 13.7. The molecule has 0 aliphatic heterocycles. The molecular weight excluding hydrogens is 253 g/mol. The molecular formula is C14H15ClFNO. The van der Waals surface area contributed by atoms with E-state index in [1.165, 1.54) is 6.07 Å². The van der Waals surface area contributed by atoms with Gasteiger partial charge in [0.1, 0.15) is 17.3 Å². The van der Waals surface area contributed by atoms with Crippen molar-refractivity contribution in [2.75, 3.05) is 7.05 Å². The van der Waals surface area contributed by atoms with Gasteiger partial charge in [0.2, 0.25) is 0 Å². The van der Waals surface area contributed by atoms with Crippen LogP contribution in [0.1, 0.15) is 23.1 Å². The molecule has 0 saturated heterocycles. The lowest BCUT2D eigenvalue weighted by atomic mass is 10.0. The Hall–Kier alpha value is -1.32. The second-order valence-corrected chi connectivity index (χ2v) is 4.60. The van der Waals surface area contributed by atoms with Crippen LogP contribution < -0.4 is 5.32 Å². The maximum Gasteiger partial charge on any atom is 0.127 e. The molecule has 1 heterocycles. The average molecular weight is 268 g/mol. The molecule has 0 amide bonds. The summed E-state index contributed by atoms with van der Waals surface area (Å²) >= 11 is 6.02. The Morgan fingerprint density at radius 1 is 1.33 bits per heavy atom. The van der Waals surface area contributed by atoms with Crippen molar-refractivity contribution in [2.24, 2.45) is 0 Å². The Morgan fingerprint density at radius 3 is 2.67 bits per heavy atom. The quantitative estimate of drug-likeness (QED) is 0.909. The van der Waals surface area contributed by atoms with E-state index in [9.17, 15) is 4.39 Å². The molecule has 0 radical (unpaired) electrons. The fourth-order valence-corrected chi connectivity index (χ4v) is 2.16. The lowest BCUT2D eigenvalue weighted by Crippen LogP contribution is -2.19. The highest BCUT2D eigenvalue weighted by atomic mass is 35.5. The van der Waals surface area contributed by atoms with E-state index in [4.69, 9.17) is 16.0 Å². The summed E-state index contributed by atoms with van der Waals surface area (Å²) in [5.41, 5.74) is 0.507. The molecule has 1 aromatic heterocycles. The first-order chi connectivity index (χ1) is 8.61. The average Bonchev–Trinajstić information content (AvgIpc) is 2.76. The predicted octanol–water partition coefficient (Wildman–Crippen LogP) is 3.88. The second kappa shape index (κ2) is 5.55. The number of furan rings is 1. The highest BCUT2D eigenvalue weighted by molar-refractivity contribution is 6.31. The Morgan fingerprint density at radius 2 is 2.11 bits per heavy atom. The molecule has 0 aliphatic rings. The number of hydrogen-bond donors (Lipinski definition) is 1. The van der Waals surface area contributed by atoms with E-state index in [1.807, 2.05) is 26.1 Å². The lowest BCUT2D eigenvalue weighted by molar-refractivity contribution is 0.411. The summed E-state index contributed by atoms with van der Waals surface area (Å²) in [4.78, 5) is 0. The van der Waals surface area contributed by atoms with Crippen molar-refractivity contribution in [3.8, 4) is 0 Å². The molecule has 0 spiro atoms. The van der Waals surface area contributed by atoms with Crippen molar-refractivity contribution in [1.29, 1.82) is 0 Å². The number of rotatable bonds is 4. The van der Waals surface area contributed by atoms with Crippen LogP contribution in [0, 0.1) is 12.7 Å². The summed E-state index contributed by atoms with van der Waals surface area (Å²) in [6.45, 7) is 1.88. The van der Waals surface area contributed by atoms with Crippen molar-refractivity contribution in [2.45, 2.75) is 19.4 Å². The molecule has 1 N–H and O–H groups in total. The van der Waals surface area contributed by atoms with Gasteiger partial charge in [-0.15, -0.1) is 0 Å². The Balaban J connectivity index is 2.26. The number of nitrogens with one attached hydrogen (secondary N) is 1. The smallest absolute Gasteiger partial charge is 0.127 e. The van der Waals surface area contributed by atoms with E-state index >= 15 is 0 Å². The van der Waals surface area contributed by atoms with Crippen molar-refractivity contribution < 1.29 is 8.81 Å². The normalized spacial score (nSPS) is 12.7. The molecule has 1 unspecified atom stereocenters. The first-order valence-corrected chi connectivity index (χ1v) is 6.16. The Labute approximate surface area is 111 Å². The molecule has 0 aliphatic carbocycles. The summed E-state index contributed by atoms with van der Waals surface area (Å²) in [6.07, 6.45) is 0.453. The summed E-state index contributed by atoms with van der Waals surface area (Å²) in [5, 5.41) is 3.56. The van der Waals surface area contributed by atoms with Crippen LogP contribution in [0.25, 0.3) is 0 Å². The fraction of sp³-hybridized carbons (Fsp3) is 0.286. The van der Waals surface area contributed by atoms with Crippen LogP contribution in [0.4, 0.5) is 4.39 Å². The van der Waals surface area contributed by atoms with E-state index in [0.717, 1.165) is 11.5 Å². The van der Waals surface area contributed by atoms with Gasteiger partial charge in [-0.1, -0.05) is 17.7 Å². The third kappa shape index (κ3) is 2.74. The Bertz CT molecular complexity index is 518. The van der Waals surface area contributed by atoms with Crippen molar-refractivity contribution in [3.05, 3.63) is 58.3 Å². The monoisotopic (exact) mass is 267 g/mol. The van der Waals surface area contributed by atoms with Crippen LogP contribution in [-0.2, 0) is 6.42 Å². The highest BCUT2D eigenvalue weighted by Gasteiger charge is 2.17. The minimum absolute atomic E-state index is 0.0897. The van der Waals surface area contributed by atoms with Gasteiger partial charge in [-0.25, -0.2) is 4.39 Å². The second-order valence-electron chi connectivity index (χ2n) is 4.19. The molecule has 2 aromatic rings. The van der Waals surface area contributed by atoms with Crippen LogP contribution in [0.15, 0.2) is 34.7 Å². The standard InChI is InChI=1S/C14H15ClFNO/c1-9-6-7-14(18-9)13(17-2)8-10-11(15)4-3-5-12(10)16/h3-7,13,17H,8H2,1-2H3. The van der Waals surface area contributed by atoms with Crippen LogP contribution in [0.2, 0.25) is 5.02 Å². The molecule has 4 heteroatoms. The van der Waals surface area contributed by atoms with Crippen molar-refractivity contribution in [1.82, 2.24) is 5.32 Å². The van der Waals surface area contributed by atoms with E-state index < -0.39 is 0 Å². The lowest BCUT2D eigenvalue weighted by Gasteiger charge is -2.15. The van der Waals surface area contributed by atoms with E-state index in [1.54, 1.807) is 12.1 Å². The van der Waals surface area contributed by atoms with Crippen molar-refractivity contribution >= 4 is 11.6 Å². The number of halogens is 2. The highest BCUT2D eigenvalue weighted by Crippen LogP contribution is 2.26. The van der Waals surface area contributed by atoms with Crippen LogP contribution in [0.5, 0.6) is 0 Å². The van der Waals surface area contributed by atoms with Gasteiger partial charge in [-0.05, 0) is 44.7 Å². The van der Waals surface area contributed by atoms with Gasteiger partial charge in [0.15, 0.2) is 0 Å². The summed E-state index contributed by atoms with van der Waals surface area (Å²) in [7, 11) is 1.82. The predicted molar refractivity (Wildman–Crippen MR) is 70.4 cm³/mol. The molecule has 96 valence electrons. The number of aryl methyl sites for hydroxylation is 1. The summed E-state index contributed by atoms with van der Waals surface area (Å²) < 4.78 is 19.3. The Kier molecular flexibility index (Phi) is 4.04. The minimum Gasteiger partial charge on any atom is -0.465 e. The third-order valence-electron chi connectivity index (χ3n) is 2.92. The minimum atomic E-state index is -0.286. The first-order valence-electron chi connectivity index (χ1n) is 5.78. The fourth-order valence-electron chi connectivity index (χ4n) is 1.92. The molecule has 2 nitrogen and oxygen atoms in total. The van der Waals surface area contributed by atoms with Crippen LogP contribution in [0.3, 0.4) is 0 Å². The molecule has 0 saturated carbocycles. The van der Waals surface area contributed by atoms with Gasteiger partial charge in [-0.3, -0.25) is 0 Å². The largest absolute Gasteiger partial charge is 0.465 e. The molecule has 1 atom stereocenters. The zero-order valence-corrected chi connectivity index (χ0v) is 11.1. The third-order valence-corrected chi connectivity index (χ3v) is 3.28. The topological polar surface area (TPSA) is 25.2 Å². The number of likely N-dealkylation sites (N-methyl/N-ethyl adjacent to an activating group) is 1. The zero-order valence-electron chi connectivity index (χ0n) is 10.3. The van der Waals surface area contributed by atoms with E-state index in [2.05, 4.69) is 5.32 Å². The molecule has 1 aromatic carbocycles. The molecule has 0 fully saturated rings. The molecule has 2 rings (SSSR count). The molecule has 0 bridgehead atoms. The maximum absolute atomic E-state index is 13.7. The van der Waals surface area contributed by atoms with Crippen LogP contribution in [-0.4, -0.2) is 7.05 Å². The SMILES string of the molecule is CNC(Cc1c(F)cccc1Cl)c1ccc(C)o1. The summed E-state index contributed by atoms with van der Waals surface area (Å²) in [6, 6.07) is 8.41. The van der Waals surface area contributed by atoms with Gasteiger partial charge >= 0.3 is 0 Å². The van der Waals surface area contributed by atoms with E-state index in [-0.39, 0.29) is 11.9 Å². The van der Waals surface area contributed by atoms with Gasteiger partial charge < -0.3 is 9.73 Å². The number of benzene rings is 1. The van der Waals surface area contributed by atoms with Crippen LogP contribution >= 0.6 is 11.6 Å². The first kappa shape index (κ1) is 13.1. The van der Waals surface area contributed by atoms with Gasteiger partial charge in [-0.2, -0.15) is 0 Å². The number of hydrogen-bond acceptors (Lipinski definition) is 2. The molecule has 18 heavy (non-hydrogen) atoms. The van der Waals surface area contributed by atoms with Gasteiger partial charge in [0.05, 0.1) is 6.04 Å². The zero-order chi connectivity index (χ0) is 13.1. The van der Waals surface area contributed by atoms with Gasteiger partial charge in [0.25, 0.3) is 0 Å².